The molecule has 1 atom stereocenters. The van der Waals surface area contributed by atoms with E-state index < -0.39 is 0 Å². The van der Waals surface area contributed by atoms with Crippen LogP contribution < -0.4 is 0 Å². The third-order valence-corrected chi connectivity index (χ3v) is 7.45. The van der Waals surface area contributed by atoms with Gasteiger partial charge in [0.1, 0.15) is 11.1 Å². The van der Waals surface area contributed by atoms with Crippen LogP contribution in [0.25, 0.3) is 0 Å². The van der Waals surface area contributed by atoms with E-state index >= 15 is 0 Å². The van der Waals surface area contributed by atoms with Crippen molar-refractivity contribution < 1.29 is 4.79 Å². The molecular formula is C21H18N4OS3. The fourth-order valence-corrected chi connectivity index (χ4v) is 5.76. The Labute approximate surface area is 181 Å². The summed E-state index contributed by atoms with van der Waals surface area (Å²) in [5, 5.41) is 20.4. The summed E-state index contributed by atoms with van der Waals surface area (Å²) in [4.78, 5) is 19.8. The summed E-state index contributed by atoms with van der Waals surface area (Å²) >= 11 is 4.58. The van der Waals surface area contributed by atoms with Crippen molar-refractivity contribution in [1.82, 2.24) is 9.99 Å². The zero-order chi connectivity index (χ0) is 20.4. The standard InChI is InChI=1S/C21H18N4OS3/c1-13-9-14(2)23-21(15(13)11-22)29-12-20(26)25-17(19-6-4-8-28-19)10-16(24-25)18-5-3-7-27-18/h3-9,17H,10,12H2,1-2H3/t17-/m1/s1. The van der Waals surface area contributed by atoms with Crippen molar-refractivity contribution in [1.29, 1.82) is 5.26 Å². The van der Waals surface area contributed by atoms with Crippen LogP contribution in [0.15, 0.2) is 51.2 Å². The number of thioether (sulfide) groups is 1. The van der Waals surface area contributed by atoms with E-state index in [0.717, 1.165) is 26.7 Å². The number of hydrogen-bond donors (Lipinski definition) is 0. The Morgan fingerprint density at radius 2 is 2.10 bits per heavy atom. The van der Waals surface area contributed by atoms with Gasteiger partial charge in [-0.15, -0.1) is 22.7 Å². The van der Waals surface area contributed by atoms with Gasteiger partial charge in [-0.05, 0) is 48.4 Å². The quantitative estimate of drug-likeness (QED) is 0.516. The highest BCUT2D eigenvalue weighted by Crippen LogP contribution is 2.36. The molecule has 0 fully saturated rings. The van der Waals surface area contributed by atoms with Gasteiger partial charge in [0, 0.05) is 17.0 Å². The Morgan fingerprint density at radius 3 is 2.79 bits per heavy atom. The first-order chi connectivity index (χ1) is 14.1. The van der Waals surface area contributed by atoms with E-state index in [1.54, 1.807) is 27.7 Å². The molecule has 0 bridgehead atoms. The van der Waals surface area contributed by atoms with Gasteiger partial charge in [-0.25, -0.2) is 9.99 Å². The van der Waals surface area contributed by atoms with Crippen LogP contribution in [0.4, 0.5) is 0 Å². The van der Waals surface area contributed by atoms with Crippen LogP contribution >= 0.6 is 34.4 Å². The predicted octanol–water partition coefficient (Wildman–Crippen LogP) is 5.16. The minimum absolute atomic E-state index is 0.0789. The van der Waals surface area contributed by atoms with Crippen LogP contribution in [0.2, 0.25) is 0 Å². The first-order valence-corrected chi connectivity index (χ1v) is 11.8. The molecular weight excluding hydrogens is 420 g/mol. The maximum atomic E-state index is 13.1. The van der Waals surface area contributed by atoms with Crippen molar-refractivity contribution in [2.75, 3.05) is 5.75 Å². The summed E-state index contributed by atoms with van der Waals surface area (Å²) in [6, 6.07) is 12.1. The summed E-state index contributed by atoms with van der Waals surface area (Å²) in [6.45, 7) is 3.79. The largest absolute Gasteiger partial charge is 0.272 e. The summed E-state index contributed by atoms with van der Waals surface area (Å²) in [6.07, 6.45) is 0.711. The van der Waals surface area contributed by atoms with E-state index in [2.05, 4.69) is 22.2 Å². The second-order valence-corrected chi connectivity index (χ2v) is 9.55. The topological polar surface area (TPSA) is 69.3 Å². The molecule has 0 saturated heterocycles. The predicted molar refractivity (Wildman–Crippen MR) is 119 cm³/mol. The second kappa shape index (κ2) is 8.49. The monoisotopic (exact) mass is 438 g/mol. The Morgan fingerprint density at radius 1 is 1.31 bits per heavy atom. The number of nitrogens with zero attached hydrogens (tertiary/aromatic N) is 4. The zero-order valence-electron chi connectivity index (χ0n) is 16.0. The van der Waals surface area contributed by atoms with E-state index in [0.29, 0.717) is 17.0 Å². The molecule has 0 saturated carbocycles. The van der Waals surface area contributed by atoms with Gasteiger partial charge >= 0.3 is 0 Å². The van der Waals surface area contributed by atoms with Crippen LogP contribution in [0.5, 0.6) is 0 Å². The van der Waals surface area contributed by atoms with Crippen LogP contribution in [-0.2, 0) is 4.79 Å². The number of carbonyl (C=O) groups excluding carboxylic acids is 1. The number of nitriles is 1. The molecule has 0 aromatic carbocycles. The highest BCUT2D eigenvalue weighted by molar-refractivity contribution is 8.00. The van der Waals surface area contributed by atoms with Crippen molar-refractivity contribution in [3.63, 3.8) is 0 Å². The molecule has 0 unspecified atom stereocenters. The SMILES string of the molecule is Cc1cc(C)c(C#N)c(SCC(=O)N2N=C(c3cccs3)C[C@@H]2c2cccs2)n1. The molecule has 3 aromatic heterocycles. The molecule has 0 aliphatic carbocycles. The number of aromatic nitrogens is 1. The van der Waals surface area contributed by atoms with Gasteiger partial charge in [-0.3, -0.25) is 4.79 Å². The lowest BCUT2D eigenvalue weighted by atomic mass is 10.1. The van der Waals surface area contributed by atoms with Gasteiger partial charge in [0.15, 0.2) is 0 Å². The fourth-order valence-electron chi connectivity index (χ4n) is 3.27. The Hall–Kier alpha value is -2.47. The highest BCUT2D eigenvalue weighted by atomic mass is 32.2. The van der Waals surface area contributed by atoms with Crippen molar-refractivity contribution in [3.05, 3.63) is 67.7 Å². The summed E-state index contributed by atoms with van der Waals surface area (Å²) in [7, 11) is 0. The number of hydrogen-bond acceptors (Lipinski definition) is 7. The van der Waals surface area contributed by atoms with Gasteiger partial charge in [0.2, 0.25) is 0 Å². The minimum atomic E-state index is -0.0807. The molecule has 1 aliphatic rings. The van der Waals surface area contributed by atoms with Crippen LogP contribution in [0, 0.1) is 25.2 Å². The Balaban J connectivity index is 1.57. The lowest BCUT2D eigenvalue weighted by Gasteiger charge is -2.20. The maximum Gasteiger partial charge on any atom is 0.253 e. The van der Waals surface area contributed by atoms with Crippen LogP contribution in [-0.4, -0.2) is 27.4 Å². The number of carbonyl (C=O) groups is 1. The van der Waals surface area contributed by atoms with E-state index in [4.69, 9.17) is 0 Å². The lowest BCUT2D eigenvalue weighted by Crippen LogP contribution is -2.28. The Kier molecular flexibility index (Phi) is 5.81. The molecule has 8 heteroatoms. The van der Waals surface area contributed by atoms with E-state index in [9.17, 15) is 10.1 Å². The number of pyridine rings is 1. The van der Waals surface area contributed by atoms with E-state index in [1.165, 1.54) is 11.8 Å². The second-order valence-electron chi connectivity index (χ2n) is 6.66. The van der Waals surface area contributed by atoms with Crippen molar-refractivity contribution in [2.24, 2.45) is 5.10 Å². The molecule has 0 spiro atoms. The molecule has 1 aliphatic heterocycles. The third-order valence-electron chi connectivity index (χ3n) is 4.60. The van der Waals surface area contributed by atoms with Gasteiger partial charge < -0.3 is 0 Å². The number of thiophene rings is 2. The smallest absolute Gasteiger partial charge is 0.253 e. The Bertz CT molecular complexity index is 1100. The summed E-state index contributed by atoms with van der Waals surface area (Å²) < 4.78 is 0. The van der Waals surface area contributed by atoms with Crippen molar-refractivity contribution in [2.45, 2.75) is 31.3 Å². The molecule has 0 radical (unpaired) electrons. The first kappa shape index (κ1) is 19.8. The molecule has 1 amide bonds. The minimum Gasteiger partial charge on any atom is -0.272 e. The number of hydrazone groups is 1. The number of aryl methyl sites for hydroxylation is 2. The maximum absolute atomic E-state index is 13.1. The summed E-state index contributed by atoms with van der Waals surface area (Å²) in [5.74, 6) is 0.109. The zero-order valence-corrected chi connectivity index (χ0v) is 18.4. The van der Waals surface area contributed by atoms with E-state index in [1.807, 2.05) is 48.9 Å². The number of amides is 1. The highest BCUT2D eigenvalue weighted by Gasteiger charge is 2.34. The molecule has 4 rings (SSSR count). The van der Waals surface area contributed by atoms with Gasteiger partial charge in [0.25, 0.3) is 5.91 Å². The molecule has 3 aromatic rings. The fraction of sp³-hybridized carbons (Fsp3) is 0.238. The van der Waals surface area contributed by atoms with Crippen LogP contribution in [0.3, 0.4) is 0 Å². The van der Waals surface area contributed by atoms with Crippen LogP contribution in [0.1, 0.15) is 39.0 Å². The lowest BCUT2D eigenvalue weighted by molar-refractivity contribution is -0.130. The van der Waals surface area contributed by atoms with E-state index in [-0.39, 0.29) is 17.7 Å². The average Bonchev–Trinajstić information content (AvgIpc) is 3.46. The van der Waals surface area contributed by atoms with Crippen molar-refractivity contribution >= 4 is 46.1 Å². The first-order valence-electron chi connectivity index (χ1n) is 9.04. The molecule has 4 heterocycles. The third kappa shape index (κ3) is 4.13. The normalized spacial score (nSPS) is 16.0. The molecule has 5 nitrogen and oxygen atoms in total. The average molecular weight is 439 g/mol. The molecule has 146 valence electrons. The summed E-state index contributed by atoms with van der Waals surface area (Å²) in [5.41, 5.74) is 3.20. The van der Waals surface area contributed by atoms with Gasteiger partial charge in [-0.1, -0.05) is 23.9 Å². The number of rotatable bonds is 5. The van der Waals surface area contributed by atoms with Gasteiger partial charge in [0.05, 0.1) is 27.9 Å². The molecule has 29 heavy (non-hydrogen) atoms. The van der Waals surface area contributed by atoms with Crippen molar-refractivity contribution in [3.8, 4) is 6.07 Å². The van der Waals surface area contributed by atoms with Gasteiger partial charge in [-0.2, -0.15) is 10.4 Å². The molecule has 0 N–H and O–H groups in total.